The van der Waals surface area contributed by atoms with Crippen LogP contribution in [0.3, 0.4) is 0 Å². The summed E-state index contributed by atoms with van der Waals surface area (Å²) in [6.07, 6.45) is 0. The van der Waals surface area contributed by atoms with Crippen molar-refractivity contribution >= 4 is 11.8 Å². The molecule has 18 heavy (non-hydrogen) atoms. The molecular weight excluding hydrogens is 230 g/mol. The number of benzene rings is 1. The largest absolute Gasteiger partial charge is 0.354 e. The molecule has 0 heterocycles. The van der Waals surface area contributed by atoms with E-state index in [1.807, 2.05) is 37.3 Å². The molecule has 0 fully saturated rings. The van der Waals surface area contributed by atoms with E-state index in [0.29, 0.717) is 6.54 Å². The van der Waals surface area contributed by atoms with Gasteiger partial charge in [-0.1, -0.05) is 37.3 Å². The van der Waals surface area contributed by atoms with Crippen LogP contribution in [0.4, 0.5) is 0 Å². The minimum absolute atomic E-state index is 0.0302. The van der Waals surface area contributed by atoms with E-state index in [1.165, 1.54) is 5.56 Å². The SMILES string of the molecule is CC(CNC(=O)CNC(=O)CN)c1ccccc1. The fraction of sp³-hybridized carbons (Fsp3) is 0.385. The minimum atomic E-state index is -0.332. The van der Waals surface area contributed by atoms with Gasteiger partial charge in [0.05, 0.1) is 13.1 Å². The highest BCUT2D eigenvalue weighted by molar-refractivity contribution is 5.85. The fourth-order valence-electron chi connectivity index (χ4n) is 1.48. The molecule has 5 nitrogen and oxygen atoms in total. The van der Waals surface area contributed by atoms with E-state index in [9.17, 15) is 9.59 Å². The number of carbonyl (C=O) groups is 2. The third-order valence-electron chi connectivity index (χ3n) is 2.61. The van der Waals surface area contributed by atoms with Crippen LogP contribution in [0, 0.1) is 0 Å². The Hall–Kier alpha value is -1.88. The predicted molar refractivity (Wildman–Crippen MR) is 69.9 cm³/mol. The lowest BCUT2D eigenvalue weighted by atomic mass is 10.0. The third kappa shape index (κ3) is 4.97. The Morgan fingerprint density at radius 1 is 1.17 bits per heavy atom. The zero-order valence-corrected chi connectivity index (χ0v) is 10.5. The van der Waals surface area contributed by atoms with Crippen molar-refractivity contribution in [3.8, 4) is 0 Å². The zero-order valence-electron chi connectivity index (χ0n) is 10.5. The van der Waals surface area contributed by atoms with Crippen LogP contribution in [0.1, 0.15) is 18.4 Å². The minimum Gasteiger partial charge on any atom is -0.354 e. The average molecular weight is 249 g/mol. The van der Waals surface area contributed by atoms with Gasteiger partial charge in [0, 0.05) is 6.54 Å². The maximum absolute atomic E-state index is 11.4. The molecular formula is C13H19N3O2. The van der Waals surface area contributed by atoms with E-state index in [4.69, 9.17) is 5.73 Å². The summed E-state index contributed by atoms with van der Waals surface area (Å²) in [6.45, 7) is 2.45. The van der Waals surface area contributed by atoms with Gasteiger partial charge in [-0.15, -0.1) is 0 Å². The highest BCUT2D eigenvalue weighted by atomic mass is 16.2. The Bertz CT molecular complexity index is 392. The zero-order chi connectivity index (χ0) is 13.4. The highest BCUT2D eigenvalue weighted by Crippen LogP contribution is 2.12. The third-order valence-corrected chi connectivity index (χ3v) is 2.61. The molecule has 0 saturated carbocycles. The first kappa shape index (κ1) is 14.2. The summed E-state index contributed by atoms with van der Waals surface area (Å²) < 4.78 is 0. The lowest BCUT2D eigenvalue weighted by Gasteiger charge is -2.13. The number of carbonyl (C=O) groups excluding carboxylic acids is 2. The predicted octanol–water partition coefficient (Wildman–Crippen LogP) is -0.0188. The van der Waals surface area contributed by atoms with Crippen LogP contribution in [0.15, 0.2) is 30.3 Å². The highest BCUT2D eigenvalue weighted by Gasteiger charge is 2.08. The lowest BCUT2D eigenvalue weighted by molar-refractivity contribution is -0.125. The van der Waals surface area contributed by atoms with Gasteiger partial charge in [-0.2, -0.15) is 0 Å². The number of amides is 2. The number of nitrogens with one attached hydrogen (secondary N) is 2. The van der Waals surface area contributed by atoms with Gasteiger partial charge in [0.25, 0.3) is 0 Å². The second-order valence-electron chi connectivity index (χ2n) is 4.10. The van der Waals surface area contributed by atoms with Crippen molar-refractivity contribution in [2.24, 2.45) is 5.73 Å². The van der Waals surface area contributed by atoms with Crippen LogP contribution >= 0.6 is 0 Å². The molecule has 5 heteroatoms. The van der Waals surface area contributed by atoms with Crippen molar-refractivity contribution in [1.29, 1.82) is 0 Å². The van der Waals surface area contributed by atoms with Crippen molar-refractivity contribution < 1.29 is 9.59 Å². The molecule has 0 aliphatic heterocycles. The molecule has 0 aliphatic carbocycles. The smallest absolute Gasteiger partial charge is 0.239 e. The van der Waals surface area contributed by atoms with E-state index >= 15 is 0 Å². The molecule has 0 bridgehead atoms. The normalized spacial score (nSPS) is 11.7. The summed E-state index contributed by atoms with van der Waals surface area (Å²) in [5, 5.41) is 5.19. The van der Waals surface area contributed by atoms with E-state index in [-0.39, 0.29) is 30.8 Å². The topological polar surface area (TPSA) is 84.2 Å². The summed E-state index contributed by atoms with van der Waals surface area (Å²) in [5.74, 6) is -0.304. The molecule has 1 unspecified atom stereocenters. The molecule has 4 N–H and O–H groups in total. The molecule has 1 rings (SSSR count). The Balaban J connectivity index is 2.28. The standard InChI is InChI=1S/C13H19N3O2/c1-10(11-5-3-2-4-6-11)8-15-13(18)9-16-12(17)7-14/h2-6,10H,7-9,14H2,1H3,(H,15,18)(H,16,17). The van der Waals surface area contributed by atoms with Gasteiger partial charge in [0.1, 0.15) is 0 Å². The van der Waals surface area contributed by atoms with Crippen molar-refractivity contribution in [3.05, 3.63) is 35.9 Å². The van der Waals surface area contributed by atoms with Crippen LogP contribution < -0.4 is 16.4 Å². The van der Waals surface area contributed by atoms with E-state index in [1.54, 1.807) is 0 Å². The molecule has 1 aromatic rings. The van der Waals surface area contributed by atoms with Gasteiger partial charge in [0.15, 0.2) is 0 Å². The van der Waals surface area contributed by atoms with Gasteiger partial charge in [-0.05, 0) is 11.5 Å². The van der Waals surface area contributed by atoms with E-state index < -0.39 is 0 Å². The molecule has 98 valence electrons. The molecule has 1 aromatic carbocycles. The van der Waals surface area contributed by atoms with Crippen molar-refractivity contribution in [3.63, 3.8) is 0 Å². The number of hydrogen-bond donors (Lipinski definition) is 3. The quantitative estimate of drug-likeness (QED) is 0.662. The van der Waals surface area contributed by atoms with Crippen LogP contribution in [0.5, 0.6) is 0 Å². The number of rotatable bonds is 6. The molecule has 0 aliphatic rings. The molecule has 0 radical (unpaired) electrons. The first-order chi connectivity index (χ1) is 8.63. The van der Waals surface area contributed by atoms with Gasteiger partial charge in [-0.25, -0.2) is 0 Å². The molecule has 0 saturated heterocycles. The summed E-state index contributed by atoms with van der Waals surface area (Å²) in [5.41, 5.74) is 6.28. The van der Waals surface area contributed by atoms with E-state index in [2.05, 4.69) is 10.6 Å². The Morgan fingerprint density at radius 2 is 1.83 bits per heavy atom. The molecule has 0 aromatic heterocycles. The van der Waals surface area contributed by atoms with E-state index in [0.717, 1.165) is 0 Å². The fourth-order valence-corrected chi connectivity index (χ4v) is 1.48. The molecule has 2 amide bonds. The average Bonchev–Trinajstić information content (AvgIpc) is 2.42. The van der Waals surface area contributed by atoms with Gasteiger partial charge >= 0.3 is 0 Å². The summed E-state index contributed by atoms with van der Waals surface area (Å²) in [7, 11) is 0. The van der Waals surface area contributed by atoms with Gasteiger partial charge in [-0.3, -0.25) is 9.59 Å². The van der Waals surface area contributed by atoms with Crippen LogP contribution in [-0.4, -0.2) is 31.4 Å². The maximum atomic E-state index is 11.4. The second-order valence-corrected chi connectivity index (χ2v) is 4.10. The number of nitrogens with two attached hydrogens (primary N) is 1. The van der Waals surface area contributed by atoms with Crippen LogP contribution in [0.25, 0.3) is 0 Å². The lowest BCUT2D eigenvalue weighted by Crippen LogP contribution is -2.40. The number of hydrogen-bond acceptors (Lipinski definition) is 3. The first-order valence-electron chi connectivity index (χ1n) is 5.92. The van der Waals surface area contributed by atoms with Gasteiger partial charge in [0.2, 0.25) is 11.8 Å². The monoisotopic (exact) mass is 249 g/mol. The first-order valence-corrected chi connectivity index (χ1v) is 5.92. The summed E-state index contributed by atoms with van der Waals surface area (Å²) in [6, 6.07) is 9.93. The summed E-state index contributed by atoms with van der Waals surface area (Å²) >= 11 is 0. The van der Waals surface area contributed by atoms with Gasteiger partial charge < -0.3 is 16.4 Å². The summed E-state index contributed by atoms with van der Waals surface area (Å²) in [4.78, 5) is 22.3. The van der Waals surface area contributed by atoms with Crippen molar-refractivity contribution in [2.75, 3.05) is 19.6 Å². The molecule has 0 spiro atoms. The Morgan fingerprint density at radius 3 is 2.44 bits per heavy atom. The van der Waals surface area contributed by atoms with Crippen LogP contribution in [0.2, 0.25) is 0 Å². The Labute approximate surface area is 107 Å². The Kier molecular flexibility index (Phi) is 5.87. The van der Waals surface area contributed by atoms with Crippen molar-refractivity contribution in [2.45, 2.75) is 12.8 Å². The molecule has 1 atom stereocenters. The van der Waals surface area contributed by atoms with Crippen LogP contribution in [-0.2, 0) is 9.59 Å². The van der Waals surface area contributed by atoms with Crippen molar-refractivity contribution in [1.82, 2.24) is 10.6 Å². The maximum Gasteiger partial charge on any atom is 0.239 e. The second kappa shape index (κ2) is 7.45.